The number of carbonyl (C=O) groups excluding carboxylic acids is 1. The Bertz CT molecular complexity index is 170. The van der Waals surface area contributed by atoms with Crippen molar-refractivity contribution in [3.05, 3.63) is 0 Å². The molecule has 84 valence electrons. The van der Waals surface area contributed by atoms with Crippen LogP contribution in [0.3, 0.4) is 0 Å². The average molecular weight is 222 g/mol. The lowest BCUT2D eigenvalue weighted by Crippen LogP contribution is -2.31. The van der Waals surface area contributed by atoms with E-state index in [0.29, 0.717) is 0 Å². The van der Waals surface area contributed by atoms with Gasteiger partial charge >= 0.3 is 5.97 Å². The Morgan fingerprint density at radius 1 is 1.50 bits per heavy atom. The Balaban J connectivity index is 0.00000169. The van der Waals surface area contributed by atoms with Crippen LogP contribution < -0.4 is 5.73 Å². The summed E-state index contributed by atoms with van der Waals surface area (Å²) in [6, 6.07) is -0.411. The SMILES string of the molecule is COC(=O)C(N)CCC1CCCC1.Cl. The number of methoxy groups -OCH3 is 1. The van der Waals surface area contributed by atoms with Crippen molar-refractivity contribution in [1.29, 1.82) is 0 Å². The number of halogens is 1. The van der Waals surface area contributed by atoms with E-state index in [1.807, 2.05) is 0 Å². The third-order valence-corrected chi connectivity index (χ3v) is 2.86. The van der Waals surface area contributed by atoms with Crippen molar-refractivity contribution < 1.29 is 9.53 Å². The van der Waals surface area contributed by atoms with Crippen molar-refractivity contribution in [3.63, 3.8) is 0 Å². The van der Waals surface area contributed by atoms with Gasteiger partial charge in [-0.3, -0.25) is 4.79 Å². The highest BCUT2D eigenvalue weighted by molar-refractivity contribution is 5.85. The van der Waals surface area contributed by atoms with Crippen LogP contribution in [0.25, 0.3) is 0 Å². The van der Waals surface area contributed by atoms with E-state index in [2.05, 4.69) is 4.74 Å². The molecule has 2 N–H and O–H groups in total. The predicted molar refractivity (Wildman–Crippen MR) is 58.4 cm³/mol. The van der Waals surface area contributed by atoms with Crippen molar-refractivity contribution in [1.82, 2.24) is 0 Å². The molecule has 4 heteroatoms. The monoisotopic (exact) mass is 221 g/mol. The van der Waals surface area contributed by atoms with Gasteiger partial charge in [-0.1, -0.05) is 25.7 Å². The van der Waals surface area contributed by atoms with E-state index >= 15 is 0 Å². The Labute approximate surface area is 91.8 Å². The van der Waals surface area contributed by atoms with Crippen molar-refractivity contribution >= 4 is 18.4 Å². The van der Waals surface area contributed by atoms with Crippen LogP contribution in [-0.2, 0) is 9.53 Å². The van der Waals surface area contributed by atoms with Gasteiger partial charge in [-0.2, -0.15) is 0 Å². The molecule has 0 bridgehead atoms. The lowest BCUT2D eigenvalue weighted by Gasteiger charge is -2.12. The molecule has 0 heterocycles. The van der Waals surface area contributed by atoms with Gasteiger partial charge in [0.25, 0.3) is 0 Å². The van der Waals surface area contributed by atoms with Gasteiger partial charge in [0, 0.05) is 0 Å². The molecule has 0 aromatic rings. The molecule has 0 amide bonds. The number of nitrogens with two attached hydrogens (primary N) is 1. The summed E-state index contributed by atoms with van der Waals surface area (Å²) in [5, 5.41) is 0. The van der Waals surface area contributed by atoms with Gasteiger partial charge in [-0.15, -0.1) is 12.4 Å². The third-order valence-electron chi connectivity index (χ3n) is 2.86. The van der Waals surface area contributed by atoms with Crippen molar-refractivity contribution in [3.8, 4) is 0 Å². The molecule has 1 unspecified atom stereocenters. The van der Waals surface area contributed by atoms with E-state index in [1.165, 1.54) is 32.8 Å². The fourth-order valence-electron chi connectivity index (χ4n) is 1.98. The molecule has 14 heavy (non-hydrogen) atoms. The van der Waals surface area contributed by atoms with Crippen LogP contribution in [0.4, 0.5) is 0 Å². The van der Waals surface area contributed by atoms with E-state index in [-0.39, 0.29) is 18.4 Å². The number of hydrogen-bond donors (Lipinski definition) is 1. The molecule has 1 rings (SSSR count). The quantitative estimate of drug-likeness (QED) is 0.738. The average Bonchev–Trinajstić information content (AvgIpc) is 2.65. The summed E-state index contributed by atoms with van der Waals surface area (Å²) in [5.74, 6) is 0.522. The first kappa shape index (κ1) is 13.7. The largest absolute Gasteiger partial charge is 0.468 e. The topological polar surface area (TPSA) is 52.3 Å². The molecule has 1 aliphatic rings. The third kappa shape index (κ3) is 4.29. The zero-order valence-electron chi connectivity index (χ0n) is 8.70. The van der Waals surface area contributed by atoms with Crippen LogP contribution in [0.5, 0.6) is 0 Å². The zero-order chi connectivity index (χ0) is 9.68. The summed E-state index contributed by atoms with van der Waals surface area (Å²) in [5.41, 5.74) is 5.63. The first-order valence-corrected chi connectivity index (χ1v) is 5.07. The molecule has 0 aromatic carbocycles. The van der Waals surface area contributed by atoms with Gasteiger partial charge in [0.05, 0.1) is 7.11 Å². The number of esters is 1. The van der Waals surface area contributed by atoms with Crippen LogP contribution in [0.1, 0.15) is 38.5 Å². The zero-order valence-corrected chi connectivity index (χ0v) is 9.52. The molecular weight excluding hydrogens is 202 g/mol. The molecule has 0 spiro atoms. The molecule has 0 aromatic heterocycles. The van der Waals surface area contributed by atoms with Crippen LogP contribution in [0, 0.1) is 5.92 Å². The molecule has 1 saturated carbocycles. The molecule has 0 aliphatic heterocycles. The molecule has 1 atom stereocenters. The van der Waals surface area contributed by atoms with Gasteiger partial charge < -0.3 is 10.5 Å². The second-order valence-corrected chi connectivity index (χ2v) is 3.86. The minimum Gasteiger partial charge on any atom is -0.468 e. The first-order valence-electron chi connectivity index (χ1n) is 5.07. The Morgan fingerprint density at radius 2 is 2.07 bits per heavy atom. The Hall–Kier alpha value is -0.280. The highest BCUT2D eigenvalue weighted by Gasteiger charge is 2.19. The second kappa shape index (κ2) is 7.07. The first-order chi connectivity index (χ1) is 6.24. The maximum absolute atomic E-state index is 11.0. The summed E-state index contributed by atoms with van der Waals surface area (Å²) in [7, 11) is 1.39. The molecule has 3 nitrogen and oxygen atoms in total. The van der Waals surface area contributed by atoms with Crippen LogP contribution in [0.2, 0.25) is 0 Å². The van der Waals surface area contributed by atoms with Gasteiger partial charge in [0.1, 0.15) is 6.04 Å². The summed E-state index contributed by atoms with van der Waals surface area (Å²) in [6.07, 6.45) is 7.17. The standard InChI is InChI=1S/C10H19NO2.ClH/c1-13-10(12)9(11)7-6-8-4-2-3-5-8;/h8-9H,2-7,11H2,1H3;1H. The number of hydrogen-bond acceptors (Lipinski definition) is 3. The van der Waals surface area contributed by atoms with Gasteiger partial charge in [-0.25, -0.2) is 0 Å². The van der Waals surface area contributed by atoms with E-state index in [9.17, 15) is 4.79 Å². The van der Waals surface area contributed by atoms with Crippen molar-refractivity contribution in [2.24, 2.45) is 11.7 Å². The van der Waals surface area contributed by atoms with Gasteiger partial charge in [0.15, 0.2) is 0 Å². The predicted octanol–water partition coefficient (Wildman–Crippen LogP) is 1.88. The maximum Gasteiger partial charge on any atom is 0.322 e. The summed E-state index contributed by atoms with van der Waals surface area (Å²) in [6.45, 7) is 0. The normalized spacial score (nSPS) is 18.7. The molecule has 0 saturated heterocycles. The fraction of sp³-hybridized carbons (Fsp3) is 0.900. The van der Waals surface area contributed by atoms with E-state index < -0.39 is 6.04 Å². The minimum absolute atomic E-state index is 0. The molecule has 1 aliphatic carbocycles. The van der Waals surface area contributed by atoms with E-state index in [1.54, 1.807) is 0 Å². The van der Waals surface area contributed by atoms with Crippen molar-refractivity contribution in [2.75, 3.05) is 7.11 Å². The summed E-state index contributed by atoms with van der Waals surface area (Å²) >= 11 is 0. The van der Waals surface area contributed by atoms with E-state index in [0.717, 1.165) is 18.8 Å². The Kier molecular flexibility index (Phi) is 6.93. The number of carbonyl (C=O) groups is 1. The minimum atomic E-state index is -0.411. The van der Waals surface area contributed by atoms with Crippen molar-refractivity contribution in [2.45, 2.75) is 44.6 Å². The smallest absolute Gasteiger partial charge is 0.322 e. The molecular formula is C10H20ClNO2. The lowest BCUT2D eigenvalue weighted by molar-refractivity contribution is -0.142. The molecule has 1 fully saturated rings. The second-order valence-electron chi connectivity index (χ2n) is 3.86. The number of ether oxygens (including phenoxy) is 1. The van der Waals surface area contributed by atoms with Crippen LogP contribution in [0.15, 0.2) is 0 Å². The van der Waals surface area contributed by atoms with Gasteiger partial charge in [-0.05, 0) is 18.8 Å². The Morgan fingerprint density at radius 3 is 2.57 bits per heavy atom. The lowest BCUT2D eigenvalue weighted by atomic mass is 9.99. The van der Waals surface area contributed by atoms with Gasteiger partial charge in [0.2, 0.25) is 0 Å². The van der Waals surface area contributed by atoms with Crippen LogP contribution >= 0.6 is 12.4 Å². The fourth-order valence-corrected chi connectivity index (χ4v) is 1.98. The molecule has 0 radical (unpaired) electrons. The summed E-state index contributed by atoms with van der Waals surface area (Å²) < 4.78 is 4.56. The van der Waals surface area contributed by atoms with E-state index in [4.69, 9.17) is 5.73 Å². The number of rotatable bonds is 4. The highest BCUT2D eigenvalue weighted by Crippen LogP contribution is 2.28. The summed E-state index contributed by atoms with van der Waals surface area (Å²) in [4.78, 5) is 11.0. The van der Waals surface area contributed by atoms with Crippen LogP contribution in [-0.4, -0.2) is 19.1 Å². The highest BCUT2D eigenvalue weighted by atomic mass is 35.5. The maximum atomic E-state index is 11.0.